The molecule has 4 rings (SSSR count). The van der Waals surface area contributed by atoms with Crippen LogP contribution in [0.5, 0.6) is 0 Å². The van der Waals surface area contributed by atoms with E-state index in [1.165, 1.54) is 6.20 Å². The van der Waals surface area contributed by atoms with Crippen LogP contribution in [0, 0.1) is 0 Å². The first kappa shape index (κ1) is 19.2. The van der Waals surface area contributed by atoms with Crippen LogP contribution >= 0.6 is 23.2 Å². The van der Waals surface area contributed by atoms with Gasteiger partial charge in [0.1, 0.15) is 10.7 Å². The highest BCUT2D eigenvalue weighted by Gasteiger charge is 2.50. The molecule has 1 aromatic heterocycles. The molecule has 3 heterocycles. The predicted octanol–water partition coefficient (Wildman–Crippen LogP) is 2.95. The first-order valence-corrected chi connectivity index (χ1v) is 9.92. The van der Waals surface area contributed by atoms with Crippen molar-refractivity contribution < 1.29 is 9.59 Å². The number of piperidine rings is 1. The number of halogens is 2. The average Bonchev–Trinajstić information content (AvgIpc) is 3.00. The number of likely N-dealkylation sites (tertiary alicyclic amines) is 1. The van der Waals surface area contributed by atoms with Gasteiger partial charge in [-0.05, 0) is 42.7 Å². The van der Waals surface area contributed by atoms with E-state index in [0.717, 1.165) is 5.56 Å². The van der Waals surface area contributed by atoms with E-state index < -0.39 is 5.54 Å². The third-order valence-electron chi connectivity index (χ3n) is 5.60. The van der Waals surface area contributed by atoms with Crippen LogP contribution in [-0.4, -0.2) is 51.9 Å². The summed E-state index contributed by atoms with van der Waals surface area (Å²) in [4.78, 5) is 33.3. The van der Waals surface area contributed by atoms with Crippen LogP contribution in [0.15, 0.2) is 42.6 Å². The molecule has 8 heteroatoms. The summed E-state index contributed by atoms with van der Waals surface area (Å²) in [6, 6.07) is 11.0. The number of pyridine rings is 1. The zero-order valence-corrected chi connectivity index (χ0v) is 16.7. The largest absolute Gasteiger partial charge is 0.342 e. The summed E-state index contributed by atoms with van der Waals surface area (Å²) in [7, 11) is 0. The standard InChI is InChI=1S/C20H20Cl2N4O2/c21-16-4-1-14(2-5-16)12-26-13-24-19(28)20(26)7-9-25(10-8-20)18(27)15-3-6-17(22)23-11-15/h1-6,11H,7-10,12-13H2,(H,24,28). The summed E-state index contributed by atoms with van der Waals surface area (Å²) in [6.45, 7) is 2.21. The van der Waals surface area contributed by atoms with Gasteiger partial charge in [0.15, 0.2) is 0 Å². The molecule has 2 saturated heterocycles. The fraction of sp³-hybridized carbons (Fsp3) is 0.350. The summed E-state index contributed by atoms with van der Waals surface area (Å²) in [6.07, 6.45) is 2.68. The van der Waals surface area contributed by atoms with Gasteiger partial charge < -0.3 is 10.2 Å². The van der Waals surface area contributed by atoms with Gasteiger partial charge in [0, 0.05) is 30.9 Å². The van der Waals surface area contributed by atoms with Gasteiger partial charge in [0.25, 0.3) is 5.91 Å². The van der Waals surface area contributed by atoms with Gasteiger partial charge in [-0.2, -0.15) is 0 Å². The van der Waals surface area contributed by atoms with E-state index in [0.29, 0.717) is 54.9 Å². The molecule has 0 aliphatic carbocycles. The van der Waals surface area contributed by atoms with Gasteiger partial charge in [-0.15, -0.1) is 0 Å². The number of hydrogen-bond donors (Lipinski definition) is 1. The van der Waals surface area contributed by atoms with Crippen LogP contribution in [0.3, 0.4) is 0 Å². The number of benzene rings is 1. The lowest BCUT2D eigenvalue weighted by Crippen LogP contribution is -2.56. The third kappa shape index (κ3) is 3.60. The van der Waals surface area contributed by atoms with Crippen LogP contribution in [0.1, 0.15) is 28.8 Å². The van der Waals surface area contributed by atoms with Gasteiger partial charge in [0.05, 0.1) is 12.2 Å². The number of carbonyl (C=O) groups excluding carboxylic acids is 2. The predicted molar refractivity (Wildman–Crippen MR) is 107 cm³/mol. The molecule has 2 aliphatic rings. The second-order valence-electron chi connectivity index (χ2n) is 7.18. The molecule has 0 saturated carbocycles. The first-order chi connectivity index (χ1) is 13.5. The van der Waals surface area contributed by atoms with Crippen LogP contribution in [0.25, 0.3) is 0 Å². The van der Waals surface area contributed by atoms with E-state index in [1.54, 1.807) is 17.0 Å². The molecule has 146 valence electrons. The summed E-state index contributed by atoms with van der Waals surface area (Å²) >= 11 is 11.8. The first-order valence-electron chi connectivity index (χ1n) is 9.17. The minimum atomic E-state index is -0.575. The number of hydrogen-bond acceptors (Lipinski definition) is 4. The second kappa shape index (κ2) is 7.70. The van der Waals surface area contributed by atoms with E-state index in [4.69, 9.17) is 23.2 Å². The lowest BCUT2D eigenvalue weighted by atomic mass is 9.85. The van der Waals surface area contributed by atoms with Crippen molar-refractivity contribution in [3.05, 3.63) is 63.9 Å². The zero-order chi connectivity index (χ0) is 19.7. The molecule has 1 spiro atoms. The molecule has 0 radical (unpaired) electrons. The van der Waals surface area contributed by atoms with Crippen molar-refractivity contribution in [1.29, 1.82) is 0 Å². The van der Waals surface area contributed by atoms with Gasteiger partial charge in [-0.25, -0.2) is 4.98 Å². The minimum absolute atomic E-state index is 0.0433. The van der Waals surface area contributed by atoms with E-state index in [1.807, 2.05) is 24.3 Å². The molecule has 2 aliphatic heterocycles. The van der Waals surface area contributed by atoms with Crippen LogP contribution in [-0.2, 0) is 11.3 Å². The van der Waals surface area contributed by atoms with Crippen molar-refractivity contribution >= 4 is 35.0 Å². The number of carbonyl (C=O) groups is 2. The van der Waals surface area contributed by atoms with Gasteiger partial charge >= 0.3 is 0 Å². The lowest BCUT2D eigenvalue weighted by Gasteiger charge is -2.42. The van der Waals surface area contributed by atoms with Crippen LogP contribution in [0.2, 0.25) is 10.2 Å². The highest BCUT2D eigenvalue weighted by Crippen LogP contribution is 2.34. The highest BCUT2D eigenvalue weighted by atomic mass is 35.5. The summed E-state index contributed by atoms with van der Waals surface area (Å²) in [5.74, 6) is -0.0385. The van der Waals surface area contributed by atoms with Crippen molar-refractivity contribution in [2.75, 3.05) is 19.8 Å². The van der Waals surface area contributed by atoms with Crippen LogP contribution in [0.4, 0.5) is 0 Å². The summed E-state index contributed by atoms with van der Waals surface area (Å²) < 4.78 is 0. The molecule has 0 bridgehead atoms. The topological polar surface area (TPSA) is 65.5 Å². The molecule has 2 amide bonds. The molecule has 0 atom stereocenters. The molecule has 2 fully saturated rings. The molecule has 28 heavy (non-hydrogen) atoms. The Hall–Kier alpha value is -2.15. The normalized spacial score (nSPS) is 19.1. The van der Waals surface area contributed by atoms with E-state index >= 15 is 0 Å². The maximum Gasteiger partial charge on any atom is 0.255 e. The monoisotopic (exact) mass is 418 g/mol. The SMILES string of the molecule is O=C(c1ccc(Cl)nc1)N1CCC2(CC1)C(=O)NCN2Cc1ccc(Cl)cc1. The fourth-order valence-corrected chi connectivity index (χ4v) is 4.19. The Morgan fingerprint density at radius 2 is 1.82 bits per heavy atom. The quantitative estimate of drug-likeness (QED) is 0.778. The second-order valence-corrected chi connectivity index (χ2v) is 8.01. The van der Waals surface area contributed by atoms with E-state index in [9.17, 15) is 9.59 Å². The van der Waals surface area contributed by atoms with Crippen molar-refractivity contribution in [2.45, 2.75) is 24.9 Å². The number of rotatable bonds is 3. The smallest absolute Gasteiger partial charge is 0.255 e. The van der Waals surface area contributed by atoms with Crippen molar-refractivity contribution in [2.24, 2.45) is 0 Å². The Morgan fingerprint density at radius 3 is 2.46 bits per heavy atom. The Kier molecular flexibility index (Phi) is 5.27. The molecular weight excluding hydrogens is 399 g/mol. The van der Waals surface area contributed by atoms with Gasteiger partial charge in [0.2, 0.25) is 5.91 Å². The zero-order valence-electron chi connectivity index (χ0n) is 15.2. The molecule has 1 aromatic carbocycles. The van der Waals surface area contributed by atoms with Gasteiger partial charge in [-0.3, -0.25) is 14.5 Å². The number of nitrogens with zero attached hydrogens (tertiary/aromatic N) is 3. The van der Waals surface area contributed by atoms with Crippen molar-refractivity contribution in [3.63, 3.8) is 0 Å². The molecule has 2 aromatic rings. The van der Waals surface area contributed by atoms with Gasteiger partial charge in [-0.1, -0.05) is 35.3 Å². The summed E-state index contributed by atoms with van der Waals surface area (Å²) in [5, 5.41) is 4.02. The van der Waals surface area contributed by atoms with E-state index in [-0.39, 0.29) is 11.8 Å². The lowest BCUT2D eigenvalue weighted by molar-refractivity contribution is -0.129. The average molecular weight is 419 g/mol. The van der Waals surface area contributed by atoms with Crippen molar-refractivity contribution in [3.8, 4) is 0 Å². The maximum absolute atomic E-state index is 12.7. The Labute approximate surface area is 173 Å². The Morgan fingerprint density at radius 1 is 1.11 bits per heavy atom. The van der Waals surface area contributed by atoms with E-state index in [2.05, 4.69) is 15.2 Å². The number of nitrogens with one attached hydrogen (secondary N) is 1. The Bertz CT molecular complexity index is 878. The molecule has 6 nitrogen and oxygen atoms in total. The third-order valence-corrected chi connectivity index (χ3v) is 6.07. The molecule has 0 unspecified atom stereocenters. The number of amides is 2. The Balaban J connectivity index is 1.46. The fourth-order valence-electron chi connectivity index (χ4n) is 3.95. The van der Waals surface area contributed by atoms with Crippen LogP contribution < -0.4 is 5.32 Å². The highest BCUT2D eigenvalue weighted by molar-refractivity contribution is 6.30. The van der Waals surface area contributed by atoms with Crippen molar-refractivity contribution in [1.82, 2.24) is 20.1 Å². The molecular formula is C20H20Cl2N4O2. The molecule has 1 N–H and O–H groups in total. The minimum Gasteiger partial charge on any atom is -0.342 e. The maximum atomic E-state index is 12.7. The number of aromatic nitrogens is 1. The summed E-state index contributed by atoms with van der Waals surface area (Å²) in [5.41, 5.74) is 1.04.